The molecule has 0 radical (unpaired) electrons. The molecule has 29 heavy (non-hydrogen) atoms. The number of hydrogen-bond donors (Lipinski definition) is 2. The van der Waals surface area contributed by atoms with Gasteiger partial charge in [-0.15, -0.1) is 0 Å². The Morgan fingerprint density at radius 3 is 2.72 bits per heavy atom. The summed E-state index contributed by atoms with van der Waals surface area (Å²) >= 11 is 0. The number of ether oxygens (including phenoxy) is 2. The normalized spacial score (nSPS) is 20.4. The van der Waals surface area contributed by atoms with Crippen molar-refractivity contribution in [2.24, 2.45) is 0 Å². The Kier molecular flexibility index (Phi) is 6.71. The molecule has 7 heteroatoms. The summed E-state index contributed by atoms with van der Waals surface area (Å²) in [6.07, 6.45) is 5.58. The van der Waals surface area contributed by atoms with Crippen molar-refractivity contribution in [1.29, 1.82) is 0 Å². The van der Waals surface area contributed by atoms with Gasteiger partial charge in [0.05, 0.1) is 25.9 Å². The predicted molar refractivity (Wildman–Crippen MR) is 112 cm³/mol. The number of nitrogens with zero attached hydrogens (tertiary/aromatic N) is 2. The monoisotopic (exact) mass is 396 g/mol. The Labute approximate surface area is 171 Å². The van der Waals surface area contributed by atoms with Crippen LogP contribution in [0.4, 0.5) is 11.4 Å². The van der Waals surface area contributed by atoms with E-state index in [0.29, 0.717) is 31.4 Å². The van der Waals surface area contributed by atoms with Crippen LogP contribution >= 0.6 is 0 Å². The van der Waals surface area contributed by atoms with Crippen LogP contribution in [0, 0.1) is 0 Å². The minimum absolute atomic E-state index is 0.124. The van der Waals surface area contributed by atoms with Crippen LogP contribution in [0.1, 0.15) is 23.2 Å². The molecule has 2 N–H and O–H groups in total. The van der Waals surface area contributed by atoms with E-state index in [1.54, 1.807) is 24.5 Å². The average Bonchev–Trinajstić information content (AvgIpc) is 2.79. The Morgan fingerprint density at radius 2 is 1.97 bits per heavy atom. The van der Waals surface area contributed by atoms with Crippen LogP contribution in [0.2, 0.25) is 0 Å². The molecule has 154 valence electrons. The maximum Gasteiger partial charge on any atom is 0.255 e. The molecule has 0 saturated carbocycles. The van der Waals surface area contributed by atoms with Crippen LogP contribution in [0.25, 0.3) is 0 Å². The summed E-state index contributed by atoms with van der Waals surface area (Å²) in [5.74, 6) is -0.124. The highest BCUT2D eigenvalue weighted by Crippen LogP contribution is 2.23. The third-order valence-electron chi connectivity index (χ3n) is 5.43. The lowest BCUT2D eigenvalue weighted by molar-refractivity contribution is -0.0872. The summed E-state index contributed by atoms with van der Waals surface area (Å²) in [4.78, 5) is 18.7. The van der Waals surface area contributed by atoms with Crippen molar-refractivity contribution in [2.45, 2.75) is 25.0 Å². The van der Waals surface area contributed by atoms with Gasteiger partial charge in [0.25, 0.3) is 5.91 Å². The first kappa shape index (κ1) is 19.8. The molecule has 1 aromatic carbocycles. The molecule has 0 aliphatic carbocycles. The van der Waals surface area contributed by atoms with Gasteiger partial charge >= 0.3 is 0 Å². The number of anilines is 2. The maximum atomic E-state index is 12.4. The average molecular weight is 396 g/mol. The summed E-state index contributed by atoms with van der Waals surface area (Å²) in [6, 6.07) is 12.0. The molecule has 7 nitrogen and oxygen atoms in total. The first-order valence-electron chi connectivity index (χ1n) is 10.3. The lowest BCUT2D eigenvalue weighted by Gasteiger charge is -2.35. The molecular weight excluding hydrogens is 368 g/mol. The Balaban J connectivity index is 1.27. The number of piperidine rings is 1. The Hall–Kier alpha value is -2.48. The molecule has 2 aliphatic heterocycles. The minimum atomic E-state index is -0.124. The number of rotatable bonds is 6. The highest BCUT2D eigenvalue weighted by molar-refractivity contribution is 6.04. The molecule has 2 fully saturated rings. The second-order valence-corrected chi connectivity index (χ2v) is 7.48. The van der Waals surface area contributed by atoms with Gasteiger partial charge in [-0.25, -0.2) is 0 Å². The van der Waals surface area contributed by atoms with Crippen molar-refractivity contribution < 1.29 is 14.3 Å². The fraction of sp³-hybridized carbons (Fsp3) is 0.455. The number of benzene rings is 1. The van der Waals surface area contributed by atoms with Gasteiger partial charge in [0, 0.05) is 55.0 Å². The van der Waals surface area contributed by atoms with E-state index < -0.39 is 0 Å². The van der Waals surface area contributed by atoms with Crippen molar-refractivity contribution in [3.63, 3.8) is 0 Å². The van der Waals surface area contributed by atoms with Gasteiger partial charge in [-0.05, 0) is 43.2 Å². The van der Waals surface area contributed by atoms with Crippen LogP contribution in [0.15, 0.2) is 48.8 Å². The van der Waals surface area contributed by atoms with Crippen molar-refractivity contribution in [2.75, 3.05) is 49.7 Å². The summed E-state index contributed by atoms with van der Waals surface area (Å²) in [6.45, 7) is 4.91. The smallest absolute Gasteiger partial charge is 0.255 e. The van der Waals surface area contributed by atoms with Gasteiger partial charge in [-0.2, -0.15) is 0 Å². The molecule has 0 bridgehead atoms. The van der Waals surface area contributed by atoms with E-state index in [2.05, 4.69) is 26.6 Å². The van der Waals surface area contributed by atoms with Crippen molar-refractivity contribution in [3.8, 4) is 0 Å². The maximum absolute atomic E-state index is 12.4. The van der Waals surface area contributed by atoms with E-state index in [1.807, 2.05) is 18.2 Å². The van der Waals surface area contributed by atoms with Crippen molar-refractivity contribution in [1.82, 2.24) is 10.3 Å². The van der Waals surface area contributed by atoms with Gasteiger partial charge in [-0.1, -0.05) is 6.07 Å². The number of carbonyl (C=O) groups excluding carboxylic acids is 1. The second kappa shape index (κ2) is 9.82. The largest absolute Gasteiger partial charge is 0.376 e. The summed E-state index contributed by atoms with van der Waals surface area (Å²) < 4.78 is 11.2. The van der Waals surface area contributed by atoms with Crippen molar-refractivity contribution >= 4 is 17.3 Å². The van der Waals surface area contributed by atoms with Gasteiger partial charge in [0.1, 0.15) is 0 Å². The number of amides is 1. The standard InChI is InChI=1S/C22H28N4O3/c27-22(17-4-8-23-9-5-17)25-19-2-1-3-20(14-19)26-10-6-18(7-11-26)24-15-21-16-28-12-13-29-21/h1-5,8-9,14,18,21,24H,6-7,10-13,15-16H2,(H,25,27)/t21-/m0/s1. The third-order valence-corrected chi connectivity index (χ3v) is 5.43. The van der Waals surface area contributed by atoms with Crippen LogP contribution in [-0.4, -0.2) is 62.5 Å². The number of pyridine rings is 1. The molecule has 2 aliphatic rings. The minimum Gasteiger partial charge on any atom is -0.376 e. The zero-order chi connectivity index (χ0) is 19.9. The predicted octanol–water partition coefficient (Wildman–Crippen LogP) is 2.31. The van der Waals surface area contributed by atoms with E-state index >= 15 is 0 Å². The van der Waals surface area contributed by atoms with E-state index in [9.17, 15) is 4.79 Å². The van der Waals surface area contributed by atoms with Gasteiger partial charge in [0.15, 0.2) is 0 Å². The fourth-order valence-corrected chi connectivity index (χ4v) is 3.78. The zero-order valence-electron chi connectivity index (χ0n) is 16.5. The first-order chi connectivity index (χ1) is 14.3. The van der Waals surface area contributed by atoms with Gasteiger partial charge in [0.2, 0.25) is 0 Å². The van der Waals surface area contributed by atoms with Gasteiger partial charge in [-0.3, -0.25) is 9.78 Å². The van der Waals surface area contributed by atoms with Crippen LogP contribution in [-0.2, 0) is 9.47 Å². The van der Waals surface area contributed by atoms with Crippen molar-refractivity contribution in [3.05, 3.63) is 54.4 Å². The lowest BCUT2D eigenvalue weighted by atomic mass is 10.0. The zero-order valence-corrected chi connectivity index (χ0v) is 16.5. The molecule has 2 aromatic rings. The van der Waals surface area contributed by atoms with Crippen LogP contribution in [0.5, 0.6) is 0 Å². The van der Waals surface area contributed by atoms with Gasteiger partial charge < -0.3 is 25.0 Å². The molecule has 1 amide bonds. The third kappa shape index (κ3) is 5.53. The highest BCUT2D eigenvalue weighted by Gasteiger charge is 2.21. The summed E-state index contributed by atoms with van der Waals surface area (Å²) in [5, 5.41) is 6.60. The molecule has 2 saturated heterocycles. The molecule has 1 atom stereocenters. The number of nitrogens with one attached hydrogen (secondary N) is 2. The number of hydrogen-bond acceptors (Lipinski definition) is 6. The Bertz CT molecular complexity index is 788. The molecule has 0 spiro atoms. The summed E-state index contributed by atoms with van der Waals surface area (Å²) in [7, 11) is 0. The SMILES string of the molecule is O=C(Nc1cccc(N2CCC(NC[C@H]3COCCO3)CC2)c1)c1ccncc1. The van der Waals surface area contributed by atoms with Crippen LogP contribution in [0.3, 0.4) is 0 Å². The lowest BCUT2D eigenvalue weighted by Crippen LogP contribution is -2.46. The summed E-state index contributed by atoms with van der Waals surface area (Å²) in [5.41, 5.74) is 2.55. The molecule has 3 heterocycles. The first-order valence-corrected chi connectivity index (χ1v) is 10.3. The topological polar surface area (TPSA) is 75.7 Å². The number of aromatic nitrogens is 1. The second-order valence-electron chi connectivity index (χ2n) is 7.48. The molecule has 1 aromatic heterocycles. The van der Waals surface area contributed by atoms with E-state index in [4.69, 9.17) is 9.47 Å². The molecule has 0 unspecified atom stereocenters. The van der Waals surface area contributed by atoms with E-state index in [-0.39, 0.29) is 12.0 Å². The molecular formula is C22H28N4O3. The quantitative estimate of drug-likeness (QED) is 0.781. The number of carbonyl (C=O) groups is 1. The Morgan fingerprint density at radius 1 is 1.14 bits per heavy atom. The highest BCUT2D eigenvalue weighted by atomic mass is 16.6. The van der Waals surface area contributed by atoms with E-state index in [1.165, 1.54) is 0 Å². The van der Waals surface area contributed by atoms with Crippen LogP contribution < -0.4 is 15.5 Å². The van der Waals surface area contributed by atoms with E-state index in [0.717, 1.165) is 43.9 Å². The fourth-order valence-electron chi connectivity index (χ4n) is 3.78. The molecule has 4 rings (SSSR count).